The molecular weight excluding hydrogens is 451 g/mol. The third kappa shape index (κ3) is 5.16. The number of hydrogen-bond acceptors (Lipinski definition) is 6. The van der Waals surface area contributed by atoms with Crippen LogP contribution in [-0.2, 0) is 17.5 Å². The van der Waals surface area contributed by atoms with E-state index in [4.69, 9.17) is 14.0 Å². The number of methoxy groups -OCH3 is 1. The number of nitrogens with zero attached hydrogens (tertiary/aromatic N) is 3. The number of likely N-dealkylation sites (tertiary alicyclic amines) is 1. The lowest BCUT2D eigenvalue weighted by Gasteiger charge is -2.17. The first-order valence-corrected chi connectivity index (χ1v) is 10.9. The first-order chi connectivity index (χ1) is 16.3. The van der Waals surface area contributed by atoms with Crippen LogP contribution in [0.25, 0.3) is 11.4 Å². The lowest BCUT2D eigenvalue weighted by molar-refractivity contribution is -0.137. The van der Waals surface area contributed by atoms with Crippen LogP contribution in [0, 0.1) is 0 Å². The molecule has 1 saturated heterocycles. The minimum absolute atomic E-state index is 0.0800. The molecule has 1 aliphatic rings. The number of halogens is 3. The monoisotopic (exact) mass is 475 g/mol. The van der Waals surface area contributed by atoms with Crippen LogP contribution in [-0.4, -0.2) is 41.2 Å². The standard InChI is InChI=1S/C24H24F3N3O4/c1-3-9-33-19-8-7-16(11-20(19)32-2)22-28-23(34-29-22)17-12-21(31)30(14-17)13-15-5-4-6-18(10-15)24(25,26)27/h4-8,10-11,17H,3,9,12-14H2,1-2H3. The van der Waals surface area contributed by atoms with Gasteiger partial charge in [-0.1, -0.05) is 24.2 Å². The number of alkyl halides is 3. The summed E-state index contributed by atoms with van der Waals surface area (Å²) in [5.41, 5.74) is 0.338. The average Bonchev–Trinajstić information content (AvgIpc) is 3.44. The fourth-order valence-corrected chi connectivity index (χ4v) is 3.81. The predicted octanol–water partition coefficient (Wildman–Crippen LogP) is 5.07. The van der Waals surface area contributed by atoms with E-state index >= 15 is 0 Å². The smallest absolute Gasteiger partial charge is 0.416 e. The number of amides is 1. The van der Waals surface area contributed by atoms with Crippen LogP contribution < -0.4 is 9.47 Å². The molecular formula is C24H24F3N3O4. The SMILES string of the molecule is CCCOc1ccc(-c2noc(C3CC(=O)N(Cc4cccc(C(F)(F)F)c4)C3)n2)cc1OC. The van der Waals surface area contributed by atoms with Gasteiger partial charge in [0.1, 0.15) is 0 Å². The van der Waals surface area contributed by atoms with E-state index in [1.807, 2.05) is 6.92 Å². The average molecular weight is 475 g/mol. The highest BCUT2D eigenvalue weighted by Gasteiger charge is 2.35. The van der Waals surface area contributed by atoms with E-state index in [-0.39, 0.29) is 31.3 Å². The van der Waals surface area contributed by atoms with E-state index in [2.05, 4.69) is 10.1 Å². The van der Waals surface area contributed by atoms with Gasteiger partial charge >= 0.3 is 6.18 Å². The molecule has 0 bridgehead atoms. The number of carbonyl (C=O) groups excluding carboxylic acids is 1. The highest BCUT2D eigenvalue weighted by Crippen LogP contribution is 2.34. The van der Waals surface area contributed by atoms with Gasteiger partial charge in [-0.15, -0.1) is 0 Å². The molecule has 34 heavy (non-hydrogen) atoms. The van der Waals surface area contributed by atoms with Crippen molar-refractivity contribution in [3.63, 3.8) is 0 Å². The Hall–Kier alpha value is -3.56. The summed E-state index contributed by atoms with van der Waals surface area (Å²) < 4.78 is 55.4. The van der Waals surface area contributed by atoms with E-state index in [9.17, 15) is 18.0 Å². The van der Waals surface area contributed by atoms with Gasteiger partial charge in [-0.2, -0.15) is 18.2 Å². The normalized spacial score (nSPS) is 16.2. The van der Waals surface area contributed by atoms with Gasteiger partial charge in [0.05, 0.1) is 25.2 Å². The Morgan fingerprint density at radius 3 is 2.74 bits per heavy atom. The summed E-state index contributed by atoms with van der Waals surface area (Å²) in [6.07, 6.45) is -3.42. The Bertz CT molecular complexity index is 1160. The summed E-state index contributed by atoms with van der Waals surface area (Å²) in [5, 5.41) is 4.03. The maximum absolute atomic E-state index is 13.0. The van der Waals surface area contributed by atoms with E-state index in [1.165, 1.54) is 11.0 Å². The Balaban J connectivity index is 1.46. The van der Waals surface area contributed by atoms with Crippen molar-refractivity contribution in [1.29, 1.82) is 0 Å². The third-order valence-corrected chi connectivity index (χ3v) is 5.52. The molecule has 180 valence electrons. The lowest BCUT2D eigenvalue weighted by Crippen LogP contribution is -2.24. The van der Waals surface area contributed by atoms with Gasteiger partial charge < -0.3 is 18.9 Å². The molecule has 4 rings (SSSR count). The quantitative estimate of drug-likeness (QED) is 0.453. The van der Waals surface area contributed by atoms with Crippen LogP contribution in [0.3, 0.4) is 0 Å². The number of rotatable bonds is 8. The Morgan fingerprint density at radius 2 is 2.00 bits per heavy atom. The van der Waals surface area contributed by atoms with Crippen LogP contribution in [0.1, 0.15) is 42.7 Å². The van der Waals surface area contributed by atoms with Gasteiger partial charge in [-0.05, 0) is 42.3 Å². The zero-order chi connectivity index (χ0) is 24.3. The van der Waals surface area contributed by atoms with Crippen molar-refractivity contribution in [2.75, 3.05) is 20.3 Å². The van der Waals surface area contributed by atoms with Crippen molar-refractivity contribution in [2.45, 2.75) is 38.4 Å². The van der Waals surface area contributed by atoms with Gasteiger partial charge in [0.2, 0.25) is 17.6 Å². The molecule has 0 spiro atoms. The molecule has 0 N–H and O–H groups in total. The molecule has 0 saturated carbocycles. The third-order valence-electron chi connectivity index (χ3n) is 5.52. The van der Waals surface area contributed by atoms with Crippen molar-refractivity contribution in [2.24, 2.45) is 0 Å². The first-order valence-electron chi connectivity index (χ1n) is 10.9. The first kappa shape index (κ1) is 23.6. The molecule has 0 radical (unpaired) electrons. The molecule has 0 aliphatic carbocycles. The van der Waals surface area contributed by atoms with E-state index in [0.29, 0.717) is 40.9 Å². The molecule has 2 heterocycles. The summed E-state index contributed by atoms with van der Waals surface area (Å²) in [6.45, 7) is 2.94. The minimum atomic E-state index is -4.43. The fourth-order valence-electron chi connectivity index (χ4n) is 3.81. The Labute approximate surface area is 194 Å². The van der Waals surface area contributed by atoms with Crippen molar-refractivity contribution >= 4 is 5.91 Å². The minimum Gasteiger partial charge on any atom is -0.493 e. The molecule has 1 amide bonds. The van der Waals surface area contributed by atoms with E-state index < -0.39 is 11.7 Å². The van der Waals surface area contributed by atoms with E-state index in [1.54, 1.807) is 31.4 Å². The molecule has 1 unspecified atom stereocenters. The topological polar surface area (TPSA) is 77.7 Å². The molecule has 1 aromatic heterocycles. The zero-order valence-corrected chi connectivity index (χ0v) is 18.8. The van der Waals surface area contributed by atoms with Crippen molar-refractivity contribution in [3.05, 3.63) is 59.5 Å². The number of aromatic nitrogens is 2. The largest absolute Gasteiger partial charge is 0.493 e. The van der Waals surface area contributed by atoms with Gasteiger partial charge in [0, 0.05) is 25.1 Å². The van der Waals surface area contributed by atoms with Gasteiger partial charge in [0.25, 0.3) is 0 Å². The van der Waals surface area contributed by atoms with Gasteiger partial charge in [0.15, 0.2) is 11.5 Å². The Morgan fingerprint density at radius 1 is 1.18 bits per heavy atom. The maximum Gasteiger partial charge on any atom is 0.416 e. The second-order valence-electron chi connectivity index (χ2n) is 8.04. The second kappa shape index (κ2) is 9.74. The summed E-state index contributed by atoms with van der Waals surface area (Å²) >= 11 is 0. The molecule has 7 nitrogen and oxygen atoms in total. The predicted molar refractivity (Wildman–Crippen MR) is 116 cm³/mol. The maximum atomic E-state index is 13.0. The van der Waals surface area contributed by atoms with Crippen molar-refractivity contribution in [1.82, 2.24) is 15.0 Å². The fraction of sp³-hybridized carbons (Fsp3) is 0.375. The molecule has 10 heteroatoms. The summed E-state index contributed by atoms with van der Waals surface area (Å²) in [6, 6.07) is 10.3. The summed E-state index contributed by atoms with van der Waals surface area (Å²) in [4.78, 5) is 18.5. The number of carbonyl (C=O) groups is 1. The zero-order valence-electron chi connectivity index (χ0n) is 18.8. The van der Waals surface area contributed by atoms with Crippen molar-refractivity contribution in [3.8, 4) is 22.9 Å². The van der Waals surface area contributed by atoms with E-state index in [0.717, 1.165) is 18.6 Å². The number of hydrogen-bond donors (Lipinski definition) is 0. The van der Waals surface area contributed by atoms with Gasteiger partial charge in [-0.25, -0.2) is 0 Å². The van der Waals surface area contributed by atoms with Gasteiger partial charge in [-0.3, -0.25) is 4.79 Å². The molecule has 1 atom stereocenters. The molecule has 2 aromatic carbocycles. The molecule has 1 aliphatic heterocycles. The highest BCUT2D eigenvalue weighted by atomic mass is 19.4. The second-order valence-corrected chi connectivity index (χ2v) is 8.04. The Kier molecular flexibility index (Phi) is 6.76. The number of benzene rings is 2. The lowest BCUT2D eigenvalue weighted by atomic mass is 10.1. The van der Waals surface area contributed by atoms with Crippen LogP contribution >= 0.6 is 0 Å². The highest BCUT2D eigenvalue weighted by molar-refractivity contribution is 5.79. The molecule has 3 aromatic rings. The molecule has 1 fully saturated rings. The van der Waals surface area contributed by atoms with Crippen LogP contribution in [0.2, 0.25) is 0 Å². The van der Waals surface area contributed by atoms with Crippen LogP contribution in [0.15, 0.2) is 47.0 Å². The van der Waals surface area contributed by atoms with Crippen molar-refractivity contribution < 1.29 is 32.0 Å². The van der Waals surface area contributed by atoms with Crippen LogP contribution in [0.5, 0.6) is 11.5 Å². The summed E-state index contributed by atoms with van der Waals surface area (Å²) in [5.74, 6) is 1.29. The summed E-state index contributed by atoms with van der Waals surface area (Å²) in [7, 11) is 1.54. The van der Waals surface area contributed by atoms with Crippen LogP contribution in [0.4, 0.5) is 13.2 Å². The number of ether oxygens (including phenoxy) is 2.